The van der Waals surface area contributed by atoms with E-state index < -0.39 is 11.7 Å². The number of hydrogen-bond acceptors (Lipinski definition) is 4. The zero-order valence-electron chi connectivity index (χ0n) is 17.8. The standard InChI is InChI=1S/C21H33N5O3/c1-21(2,3)29-20(28)24-12-11-23-19(22-4)25-14-15-7-5-10-17(13-15)26-18(27)16-8-6-9-16/h5,7,10,13,16H,6,8-9,11-12,14H2,1-4H3,(H,24,28)(H,26,27)(H2,22,23,25). The van der Waals surface area contributed by atoms with Crippen LogP contribution in [0, 0.1) is 5.92 Å². The van der Waals surface area contributed by atoms with Crippen LogP contribution in [0.3, 0.4) is 0 Å². The van der Waals surface area contributed by atoms with Gasteiger partial charge in [0.25, 0.3) is 0 Å². The number of aliphatic imine (C=N–C) groups is 1. The summed E-state index contributed by atoms with van der Waals surface area (Å²) in [5, 5.41) is 12.0. The number of hydrogen-bond donors (Lipinski definition) is 4. The number of benzene rings is 1. The first-order valence-electron chi connectivity index (χ1n) is 10.1. The molecule has 1 aliphatic rings. The summed E-state index contributed by atoms with van der Waals surface area (Å²) in [5.74, 6) is 0.894. The zero-order valence-corrected chi connectivity index (χ0v) is 17.8. The molecule has 0 aliphatic heterocycles. The molecule has 1 fully saturated rings. The number of alkyl carbamates (subject to hydrolysis) is 1. The molecule has 4 N–H and O–H groups in total. The minimum atomic E-state index is -0.513. The van der Waals surface area contributed by atoms with Gasteiger partial charge >= 0.3 is 6.09 Å². The summed E-state index contributed by atoms with van der Waals surface area (Å²) in [6.07, 6.45) is 2.67. The van der Waals surface area contributed by atoms with Crippen molar-refractivity contribution in [1.82, 2.24) is 16.0 Å². The van der Waals surface area contributed by atoms with Gasteiger partial charge in [-0.2, -0.15) is 0 Å². The number of nitrogens with one attached hydrogen (secondary N) is 4. The lowest BCUT2D eigenvalue weighted by Crippen LogP contribution is -2.42. The van der Waals surface area contributed by atoms with E-state index >= 15 is 0 Å². The molecule has 2 amide bonds. The maximum absolute atomic E-state index is 12.1. The first-order chi connectivity index (χ1) is 13.8. The van der Waals surface area contributed by atoms with E-state index in [0.717, 1.165) is 30.5 Å². The topological polar surface area (TPSA) is 104 Å². The second-order valence-corrected chi connectivity index (χ2v) is 8.10. The molecule has 1 saturated carbocycles. The van der Waals surface area contributed by atoms with Crippen molar-refractivity contribution in [3.05, 3.63) is 29.8 Å². The molecule has 0 aromatic heterocycles. The lowest BCUT2D eigenvalue weighted by Gasteiger charge is -2.24. The molecular formula is C21H33N5O3. The zero-order chi connectivity index (χ0) is 21.3. The van der Waals surface area contributed by atoms with Crippen LogP contribution in [-0.2, 0) is 16.1 Å². The molecule has 0 heterocycles. The van der Waals surface area contributed by atoms with Crippen molar-refractivity contribution < 1.29 is 14.3 Å². The molecule has 1 aliphatic carbocycles. The Bertz CT molecular complexity index is 723. The van der Waals surface area contributed by atoms with Crippen LogP contribution < -0.4 is 21.3 Å². The predicted octanol–water partition coefficient (Wildman–Crippen LogP) is 2.61. The van der Waals surface area contributed by atoms with Gasteiger partial charge in [-0.05, 0) is 51.3 Å². The first kappa shape index (κ1) is 22.5. The fourth-order valence-electron chi connectivity index (χ4n) is 2.74. The summed E-state index contributed by atoms with van der Waals surface area (Å²) in [4.78, 5) is 27.9. The van der Waals surface area contributed by atoms with Crippen LogP contribution in [0.1, 0.15) is 45.6 Å². The van der Waals surface area contributed by atoms with Gasteiger partial charge in [-0.1, -0.05) is 18.6 Å². The summed E-state index contributed by atoms with van der Waals surface area (Å²) >= 11 is 0. The molecule has 8 heteroatoms. The van der Waals surface area contributed by atoms with Gasteiger partial charge in [-0.3, -0.25) is 9.79 Å². The summed E-state index contributed by atoms with van der Waals surface area (Å²) < 4.78 is 5.19. The van der Waals surface area contributed by atoms with E-state index in [0.29, 0.717) is 25.6 Å². The second kappa shape index (κ2) is 10.7. The van der Waals surface area contributed by atoms with Crippen molar-refractivity contribution in [3.8, 4) is 0 Å². The highest BCUT2D eigenvalue weighted by molar-refractivity contribution is 5.93. The van der Waals surface area contributed by atoms with Gasteiger partial charge in [0, 0.05) is 38.3 Å². The molecule has 0 atom stereocenters. The van der Waals surface area contributed by atoms with Crippen LogP contribution >= 0.6 is 0 Å². The number of guanidine groups is 1. The molecule has 160 valence electrons. The minimum absolute atomic E-state index is 0.108. The second-order valence-electron chi connectivity index (χ2n) is 8.10. The smallest absolute Gasteiger partial charge is 0.407 e. The van der Waals surface area contributed by atoms with Crippen molar-refractivity contribution >= 4 is 23.6 Å². The van der Waals surface area contributed by atoms with E-state index in [1.807, 2.05) is 45.0 Å². The van der Waals surface area contributed by atoms with E-state index in [9.17, 15) is 9.59 Å². The highest BCUT2D eigenvalue weighted by Crippen LogP contribution is 2.27. The molecule has 0 spiro atoms. The number of anilines is 1. The summed E-state index contributed by atoms with van der Waals surface area (Å²) in [5.41, 5.74) is 1.33. The van der Waals surface area contributed by atoms with Crippen LogP contribution in [0.5, 0.6) is 0 Å². The third-order valence-electron chi connectivity index (χ3n) is 4.44. The normalized spacial score (nSPS) is 14.6. The Hall–Kier alpha value is -2.77. The quantitative estimate of drug-likeness (QED) is 0.318. The van der Waals surface area contributed by atoms with Crippen molar-refractivity contribution in [2.45, 2.75) is 52.2 Å². The maximum Gasteiger partial charge on any atom is 0.407 e. The number of ether oxygens (including phenoxy) is 1. The number of carbonyl (C=O) groups is 2. The van der Waals surface area contributed by atoms with Crippen LogP contribution in [0.4, 0.5) is 10.5 Å². The highest BCUT2D eigenvalue weighted by Gasteiger charge is 2.25. The van der Waals surface area contributed by atoms with Gasteiger partial charge in [-0.25, -0.2) is 4.79 Å². The SMILES string of the molecule is CN=C(NCCNC(=O)OC(C)(C)C)NCc1cccc(NC(=O)C2CCC2)c1. The van der Waals surface area contributed by atoms with E-state index in [4.69, 9.17) is 4.74 Å². The Kier molecular flexibility index (Phi) is 8.30. The summed E-state index contributed by atoms with van der Waals surface area (Å²) in [6, 6.07) is 7.77. The predicted molar refractivity (Wildman–Crippen MR) is 115 cm³/mol. The largest absolute Gasteiger partial charge is 0.444 e. The Balaban J connectivity index is 1.71. The third kappa shape index (κ3) is 8.41. The lowest BCUT2D eigenvalue weighted by molar-refractivity contribution is -0.122. The van der Waals surface area contributed by atoms with Crippen molar-refractivity contribution in [2.75, 3.05) is 25.5 Å². The van der Waals surface area contributed by atoms with Crippen molar-refractivity contribution in [3.63, 3.8) is 0 Å². The molecule has 1 aromatic rings. The summed E-state index contributed by atoms with van der Waals surface area (Å²) in [7, 11) is 1.69. The number of rotatable bonds is 7. The lowest BCUT2D eigenvalue weighted by atomic mass is 9.85. The Morgan fingerprint density at radius 1 is 1.14 bits per heavy atom. The van der Waals surface area contributed by atoms with Gasteiger partial charge in [0.2, 0.25) is 5.91 Å². The van der Waals surface area contributed by atoms with Crippen LogP contribution in [0.15, 0.2) is 29.3 Å². The van der Waals surface area contributed by atoms with Crippen LogP contribution in [-0.4, -0.2) is 43.7 Å². The van der Waals surface area contributed by atoms with Crippen molar-refractivity contribution in [2.24, 2.45) is 10.9 Å². The van der Waals surface area contributed by atoms with Gasteiger partial charge in [0.1, 0.15) is 5.60 Å². The van der Waals surface area contributed by atoms with E-state index in [-0.39, 0.29) is 11.8 Å². The number of amides is 2. The van der Waals surface area contributed by atoms with E-state index in [1.165, 1.54) is 0 Å². The van der Waals surface area contributed by atoms with Crippen LogP contribution in [0.2, 0.25) is 0 Å². The highest BCUT2D eigenvalue weighted by atomic mass is 16.6. The third-order valence-corrected chi connectivity index (χ3v) is 4.44. The van der Waals surface area contributed by atoms with Crippen molar-refractivity contribution in [1.29, 1.82) is 0 Å². The molecule has 29 heavy (non-hydrogen) atoms. The minimum Gasteiger partial charge on any atom is -0.444 e. The summed E-state index contributed by atoms with van der Waals surface area (Å²) in [6.45, 7) is 6.96. The van der Waals surface area contributed by atoms with Gasteiger partial charge < -0.3 is 26.0 Å². The fraction of sp³-hybridized carbons (Fsp3) is 0.571. The Labute approximate surface area is 172 Å². The average molecular weight is 404 g/mol. The maximum atomic E-state index is 12.1. The van der Waals surface area contributed by atoms with Gasteiger partial charge in [0.05, 0.1) is 0 Å². The molecule has 2 rings (SSSR count). The molecule has 0 saturated heterocycles. The molecule has 0 unspecified atom stereocenters. The Morgan fingerprint density at radius 3 is 2.48 bits per heavy atom. The Morgan fingerprint density at radius 2 is 1.86 bits per heavy atom. The fourth-order valence-corrected chi connectivity index (χ4v) is 2.74. The van der Waals surface area contributed by atoms with Gasteiger partial charge in [0.15, 0.2) is 5.96 Å². The number of nitrogens with zero attached hydrogens (tertiary/aromatic N) is 1. The average Bonchev–Trinajstić information content (AvgIpc) is 2.58. The molecule has 8 nitrogen and oxygen atoms in total. The first-order valence-corrected chi connectivity index (χ1v) is 10.1. The monoisotopic (exact) mass is 403 g/mol. The molecule has 0 bridgehead atoms. The molecule has 0 radical (unpaired) electrons. The van der Waals surface area contributed by atoms with E-state index in [2.05, 4.69) is 26.3 Å². The van der Waals surface area contributed by atoms with Gasteiger partial charge in [-0.15, -0.1) is 0 Å². The van der Waals surface area contributed by atoms with Crippen LogP contribution in [0.25, 0.3) is 0 Å². The van der Waals surface area contributed by atoms with E-state index in [1.54, 1.807) is 7.05 Å². The molecule has 1 aromatic carbocycles. The number of carbonyl (C=O) groups excluding carboxylic acids is 2. The molecular weight excluding hydrogens is 370 g/mol.